The molecule has 172 valence electrons. The van der Waals surface area contributed by atoms with Gasteiger partial charge in [0.2, 0.25) is 0 Å². The number of carbonyl (C=O) groups is 1. The van der Waals surface area contributed by atoms with Gasteiger partial charge in [-0.3, -0.25) is 9.69 Å². The maximum absolute atomic E-state index is 15.1. The molecule has 8 nitrogen and oxygen atoms in total. The molecule has 0 radical (unpaired) electrons. The van der Waals surface area contributed by atoms with Crippen molar-refractivity contribution < 1.29 is 9.18 Å². The molecule has 2 aromatic heterocycles. The van der Waals surface area contributed by atoms with Gasteiger partial charge in [-0.25, -0.2) is 14.4 Å². The van der Waals surface area contributed by atoms with Crippen LogP contribution in [0.5, 0.6) is 0 Å². The molecule has 0 saturated carbocycles. The fourth-order valence-electron chi connectivity index (χ4n) is 4.29. The Morgan fingerprint density at radius 1 is 1.33 bits per heavy atom. The van der Waals surface area contributed by atoms with Crippen molar-refractivity contribution in [2.75, 3.05) is 18.9 Å². The number of hydrogen-bond acceptors (Lipinski definition) is 6. The summed E-state index contributed by atoms with van der Waals surface area (Å²) in [6.45, 7) is 2.83. The van der Waals surface area contributed by atoms with Gasteiger partial charge in [0, 0.05) is 30.2 Å². The minimum absolute atomic E-state index is 0.0798. The summed E-state index contributed by atoms with van der Waals surface area (Å²) in [6.07, 6.45) is 6.77. The lowest BCUT2D eigenvalue weighted by atomic mass is 10.0. The fourth-order valence-corrected chi connectivity index (χ4v) is 4.29. The third kappa shape index (κ3) is 4.50. The van der Waals surface area contributed by atoms with Crippen LogP contribution in [0.2, 0.25) is 0 Å². The van der Waals surface area contributed by atoms with Crippen molar-refractivity contribution >= 4 is 17.9 Å². The predicted octanol–water partition coefficient (Wildman–Crippen LogP) is 3.51. The first-order valence-corrected chi connectivity index (χ1v) is 10.9. The van der Waals surface area contributed by atoms with Crippen molar-refractivity contribution in [1.29, 1.82) is 0 Å². The first-order chi connectivity index (χ1) is 15.9. The van der Waals surface area contributed by atoms with Crippen molar-refractivity contribution in [2.45, 2.75) is 31.8 Å². The molecule has 0 aliphatic carbocycles. The van der Waals surface area contributed by atoms with Crippen LogP contribution in [-0.2, 0) is 0 Å². The number of amides is 1. The SMILES string of the molecule is CC(N)c1c(-c2ccc(C(=O)Nc3ccccn3)c(F)c2)nc([C@@H]2CCCN2C)n1/C=C\N. The summed E-state index contributed by atoms with van der Waals surface area (Å²) in [4.78, 5) is 23.7. The number of anilines is 1. The molecule has 1 unspecified atom stereocenters. The molecule has 1 aromatic carbocycles. The zero-order valence-electron chi connectivity index (χ0n) is 18.7. The second-order valence-electron chi connectivity index (χ2n) is 8.21. The van der Waals surface area contributed by atoms with E-state index < -0.39 is 11.7 Å². The number of rotatable bonds is 6. The number of hydrogen-bond donors (Lipinski definition) is 3. The van der Waals surface area contributed by atoms with E-state index in [4.69, 9.17) is 16.5 Å². The lowest BCUT2D eigenvalue weighted by molar-refractivity contribution is 0.102. The Morgan fingerprint density at radius 3 is 2.76 bits per heavy atom. The van der Waals surface area contributed by atoms with Gasteiger partial charge in [-0.1, -0.05) is 12.1 Å². The van der Waals surface area contributed by atoms with Gasteiger partial charge in [0.05, 0.1) is 23.0 Å². The maximum Gasteiger partial charge on any atom is 0.259 e. The molecule has 1 aliphatic heterocycles. The Bertz CT molecular complexity index is 1170. The summed E-state index contributed by atoms with van der Waals surface area (Å²) >= 11 is 0. The van der Waals surface area contributed by atoms with E-state index in [0.29, 0.717) is 17.1 Å². The Balaban J connectivity index is 1.74. The number of nitrogens with two attached hydrogens (primary N) is 2. The highest BCUT2D eigenvalue weighted by Crippen LogP contribution is 2.36. The lowest BCUT2D eigenvalue weighted by Crippen LogP contribution is -2.21. The van der Waals surface area contributed by atoms with Gasteiger partial charge in [0.25, 0.3) is 5.91 Å². The number of carbonyl (C=O) groups excluding carboxylic acids is 1. The third-order valence-electron chi connectivity index (χ3n) is 5.85. The van der Waals surface area contributed by atoms with Crippen molar-refractivity contribution in [1.82, 2.24) is 19.4 Å². The number of pyridine rings is 1. The number of halogens is 1. The lowest BCUT2D eigenvalue weighted by Gasteiger charge is -2.20. The molecule has 0 spiro atoms. The summed E-state index contributed by atoms with van der Waals surface area (Å²) in [5.41, 5.74) is 13.8. The molecule has 4 rings (SSSR count). The number of benzene rings is 1. The Kier molecular flexibility index (Phi) is 6.52. The smallest absolute Gasteiger partial charge is 0.259 e. The van der Waals surface area contributed by atoms with Gasteiger partial charge >= 0.3 is 0 Å². The van der Waals surface area contributed by atoms with Crippen LogP contribution >= 0.6 is 0 Å². The average molecular weight is 450 g/mol. The van der Waals surface area contributed by atoms with E-state index in [1.54, 1.807) is 36.7 Å². The normalized spacial score (nSPS) is 17.5. The van der Waals surface area contributed by atoms with Crippen molar-refractivity contribution in [2.24, 2.45) is 11.5 Å². The first-order valence-electron chi connectivity index (χ1n) is 10.9. The van der Waals surface area contributed by atoms with E-state index in [-0.39, 0.29) is 17.6 Å². The molecule has 0 bridgehead atoms. The van der Waals surface area contributed by atoms with Gasteiger partial charge in [0.15, 0.2) is 0 Å². The van der Waals surface area contributed by atoms with E-state index >= 15 is 4.39 Å². The second-order valence-corrected chi connectivity index (χ2v) is 8.21. The standard InChI is InChI=1S/C24H28FN7O/c1-15(27)22-21(30-23(32(22)13-10-26)19-6-5-12-31(19)2)16-8-9-17(18(25)14-16)24(33)29-20-7-3-4-11-28-20/h3-4,7-11,13-15,19H,5-6,12,26-27H2,1-2H3,(H,28,29,33)/b13-10-/t15?,19-/m0/s1. The molecule has 1 amide bonds. The molecule has 1 fully saturated rings. The van der Waals surface area contributed by atoms with E-state index in [1.807, 2.05) is 11.5 Å². The number of imidazole rings is 1. The average Bonchev–Trinajstić information content (AvgIpc) is 3.38. The first kappa shape index (κ1) is 22.6. The second kappa shape index (κ2) is 9.51. The van der Waals surface area contributed by atoms with E-state index in [9.17, 15) is 4.79 Å². The van der Waals surface area contributed by atoms with Crippen LogP contribution in [0.15, 0.2) is 48.8 Å². The zero-order valence-corrected chi connectivity index (χ0v) is 18.7. The maximum atomic E-state index is 15.1. The number of nitrogens with one attached hydrogen (secondary N) is 1. The summed E-state index contributed by atoms with van der Waals surface area (Å²) < 4.78 is 17.0. The van der Waals surface area contributed by atoms with Crippen molar-refractivity contribution in [3.63, 3.8) is 0 Å². The largest absolute Gasteiger partial charge is 0.403 e. The topological polar surface area (TPSA) is 115 Å². The highest BCUT2D eigenvalue weighted by molar-refractivity contribution is 6.04. The number of likely N-dealkylation sites (tertiary alicyclic amines) is 1. The van der Waals surface area contributed by atoms with Crippen LogP contribution in [0.1, 0.15) is 53.7 Å². The minimum Gasteiger partial charge on any atom is -0.403 e. The third-order valence-corrected chi connectivity index (χ3v) is 5.85. The van der Waals surface area contributed by atoms with Crippen LogP contribution in [0.4, 0.5) is 10.2 Å². The van der Waals surface area contributed by atoms with Gasteiger partial charge in [-0.2, -0.15) is 0 Å². The fraction of sp³-hybridized carbons (Fsp3) is 0.292. The van der Waals surface area contributed by atoms with Crippen LogP contribution in [0.25, 0.3) is 17.5 Å². The highest BCUT2D eigenvalue weighted by Gasteiger charge is 2.30. The molecule has 1 saturated heterocycles. The van der Waals surface area contributed by atoms with E-state index in [0.717, 1.165) is 30.9 Å². The molecule has 33 heavy (non-hydrogen) atoms. The molecule has 3 aromatic rings. The van der Waals surface area contributed by atoms with Crippen LogP contribution in [0.3, 0.4) is 0 Å². The van der Waals surface area contributed by atoms with Gasteiger partial charge < -0.3 is 21.4 Å². The number of aromatic nitrogens is 3. The Labute approximate surface area is 192 Å². The molecular formula is C24H28FN7O. The summed E-state index contributed by atoms with van der Waals surface area (Å²) in [5, 5.41) is 2.60. The van der Waals surface area contributed by atoms with E-state index in [1.165, 1.54) is 18.3 Å². The monoisotopic (exact) mass is 449 g/mol. The minimum atomic E-state index is -0.653. The summed E-state index contributed by atoms with van der Waals surface area (Å²) in [5.74, 6) is -0.0609. The molecule has 9 heteroatoms. The molecule has 3 heterocycles. The van der Waals surface area contributed by atoms with Gasteiger partial charge in [-0.05, 0) is 57.6 Å². The van der Waals surface area contributed by atoms with Crippen LogP contribution in [0, 0.1) is 5.82 Å². The molecule has 2 atom stereocenters. The summed E-state index contributed by atoms with van der Waals surface area (Å²) in [7, 11) is 2.06. The van der Waals surface area contributed by atoms with E-state index in [2.05, 4.69) is 22.2 Å². The quantitative estimate of drug-likeness (QED) is 0.530. The predicted molar refractivity (Wildman–Crippen MR) is 127 cm³/mol. The van der Waals surface area contributed by atoms with Gasteiger partial charge in [0.1, 0.15) is 17.5 Å². The van der Waals surface area contributed by atoms with Crippen molar-refractivity contribution in [3.8, 4) is 11.3 Å². The Morgan fingerprint density at radius 2 is 2.15 bits per heavy atom. The molecule has 5 N–H and O–H groups in total. The Hall–Kier alpha value is -3.56. The van der Waals surface area contributed by atoms with Crippen LogP contribution in [-0.4, -0.2) is 38.9 Å². The van der Waals surface area contributed by atoms with Gasteiger partial charge in [-0.15, -0.1) is 0 Å². The van der Waals surface area contributed by atoms with Crippen molar-refractivity contribution in [3.05, 3.63) is 71.7 Å². The molecule has 1 aliphatic rings. The highest BCUT2D eigenvalue weighted by atomic mass is 19.1. The zero-order chi connectivity index (χ0) is 23.5. The van der Waals surface area contributed by atoms with Crippen LogP contribution < -0.4 is 16.8 Å². The summed E-state index contributed by atoms with van der Waals surface area (Å²) in [6, 6.07) is 9.30. The molecular weight excluding hydrogens is 421 g/mol. The number of nitrogens with zero attached hydrogens (tertiary/aromatic N) is 4.